The minimum absolute atomic E-state index is 0.595. The Kier molecular flexibility index (Phi) is 6.53. The molecule has 0 spiro atoms. The van der Waals surface area contributed by atoms with Crippen molar-refractivity contribution in [3.63, 3.8) is 0 Å². The third-order valence-electron chi connectivity index (χ3n) is 3.92. The summed E-state index contributed by atoms with van der Waals surface area (Å²) in [4.78, 5) is 0. The van der Waals surface area contributed by atoms with Crippen molar-refractivity contribution in [2.24, 2.45) is 0 Å². The summed E-state index contributed by atoms with van der Waals surface area (Å²) < 4.78 is 21.6. The number of hydrogen-bond acceptors (Lipinski definition) is 4. The van der Waals surface area contributed by atoms with Crippen LogP contribution in [0.4, 0.5) is 0 Å². The van der Waals surface area contributed by atoms with Crippen molar-refractivity contribution >= 4 is 26.1 Å². The molecule has 133 valence electrons. The third kappa shape index (κ3) is 4.36. The lowest BCUT2D eigenvalue weighted by Gasteiger charge is -2.13. The van der Waals surface area contributed by atoms with Gasteiger partial charge in [0.2, 0.25) is 5.75 Å². The van der Waals surface area contributed by atoms with Crippen LogP contribution in [0.5, 0.6) is 23.0 Å². The van der Waals surface area contributed by atoms with Crippen LogP contribution >= 0.6 is 0 Å². The zero-order chi connectivity index (χ0) is 18.4. The predicted octanol–water partition coefficient (Wildman–Crippen LogP) is 3.85. The summed E-state index contributed by atoms with van der Waals surface area (Å²) in [6.45, 7) is 4.52. The Bertz CT molecular complexity index is 728. The molecule has 0 amide bonds. The molecule has 0 bridgehead atoms. The first-order valence-electron chi connectivity index (χ1n) is 8.00. The standard InChI is InChI=1S/C20H25O4Si/c1-21-16-10-9-14(13-19(16)25(5)6)7-8-15-11-17(22-2)20(24-4)18(12-15)23-3/h7-13H,1-6H3/b8-7-. The number of rotatable bonds is 7. The molecule has 0 saturated carbocycles. The maximum Gasteiger partial charge on any atom is 0.203 e. The SMILES string of the molecule is COc1ccc(/C=C\c2cc(OC)c(OC)c(OC)c2)cc1[Si](C)C. The van der Waals surface area contributed by atoms with Crippen molar-refractivity contribution in [2.45, 2.75) is 13.1 Å². The maximum atomic E-state index is 5.46. The summed E-state index contributed by atoms with van der Waals surface area (Å²) >= 11 is 0. The average Bonchev–Trinajstić information content (AvgIpc) is 2.64. The highest BCUT2D eigenvalue weighted by Gasteiger charge is 2.12. The van der Waals surface area contributed by atoms with E-state index in [1.165, 1.54) is 5.19 Å². The van der Waals surface area contributed by atoms with E-state index in [4.69, 9.17) is 18.9 Å². The molecule has 25 heavy (non-hydrogen) atoms. The highest BCUT2D eigenvalue weighted by atomic mass is 28.3. The summed E-state index contributed by atoms with van der Waals surface area (Å²) in [7, 11) is 5.95. The minimum Gasteiger partial charge on any atom is -0.497 e. The van der Waals surface area contributed by atoms with E-state index in [9.17, 15) is 0 Å². The Balaban J connectivity index is 2.37. The van der Waals surface area contributed by atoms with Crippen LogP contribution in [0, 0.1) is 0 Å². The van der Waals surface area contributed by atoms with Gasteiger partial charge in [-0.3, -0.25) is 0 Å². The van der Waals surface area contributed by atoms with E-state index in [0.717, 1.165) is 16.9 Å². The van der Waals surface area contributed by atoms with Gasteiger partial charge in [-0.2, -0.15) is 0 Å². The molecule has 2 rings (SSSR count). The molecule has 0 aliphatic rings. The summed E-state index contributed by atoms with van der Waals surface area (Å²) in [5.74, 6) is 2.84. The molecule has 0 fully saturated rings. The number of hydrogen-bond donors (Lipinski definition) is 0. The van der Waals surface area contributed by atoms with Crippen molar-refractivity contribution in [1.82, 2.24) is 0 Å². The van der Waals surface area contributed by atoms with Crippen LogP contribution in [0.1, 0.15) is 11.1 Å². The summed E-state index contributed by atoms with van der Waals surface area (Å²) in [5.41, 5.74) is 2.11. The van der Waals surface area contributed by atoms with Crippen LogP contribution in [0.15, 0.2) is 30.3 Å². The van der Waals surface area contributed by atoms with Gasteiger partial charge in [-0.1, -0.05) is 37.4 Å². The fourth-order valence-corrected chi connectivity index (χ4v) is 3.74. The lowest BCUT2D eigenvalue weighted by atomic mass is 10.1. The quantitative estimate of drug-likeness (QED) is 0.557. The molecule has 4 nitrogen and oxygen atoms in total. The monoisotopic (exact) mass is 357 g/mol. The van der Waals surface area contributed by atoms with Crippen molar-refractivity contribution in [1.29, 1.82) is 0 Å². The van der Waals surface area contributed by atoms with Crippen LogP contribution < -0.4 is 24.1 Å². The Morgan fingerprint density at radius 1 is 0.680 bits per heavy atom. The Labute approximate surface area is 151 Å². The van der Waals surface area contributed by atoms with Gasteiger partial charge in [-0.15, -0.1) is 0 Å². The molecule has 0 heterocycles. The maximum absolute atomic E-state index is 5.46. The van der Waals surface area contributed by atoms with Gasteiger partial charge in [0.15, 0.2) is 11.5 Å². The smallest absolute Gasteiger partial charge is 0.203 e. The molecule has 2 aromatic rings. The lowest BCUT2D eigenvalue weighted by Crippen LogP contribution is -2.24. The van der Waals surface area contributed by atoms with Crippen molar-refractivity contribution in [3.8, 4) is 23.0 Å². The van der Waals surface area contributed by atoms with Gasteiger partial charge in [0.1, 0.15) is 5.75 Å². The zero-order valence-corrected chi connectivity index (χ0v) is 16.7. The van der Waals surface area contributed by atoms with E-state index in [-0.39, 0.29) is 0 Å². The van der Waals surface area contributed by atoms with Crippen LogP contribution in [-0.4, -0.2) is 37.2 Å². The fraction of sp³-hybridized carbons (Fsp3) is 0.300. The van der Waals surface area contributed by atoms with Gasteiger partial charge in [-0.05, 0) is 34.5 Å². The van der Waals surface area contributed by atoms with Crippen molar-refractivity contribution in [2.75, 3.05) is 28.4 Å². The normalized spacial score (nSPS) is 11.0. The number of benzene rings is 2. The second kappa shape index (κ2) is 8.62. The Morgan fingerprint density at radius 2 is 1.24 bits per heavy atom. The van der Waals surface area contributed by atoms with E-state index in [1.54, 1.807) is 28.4 Å². The topological polar surface area (TPSA) is 36.9 Å². The first-order valence-corrected chi connectivity index (χ1v) is 10.5. The number of methoxy groups -OCH3 is 4. The molecule has 0 atom stereocenters. The molecular formula is C20H25O4Si. The molecule has 1 radical (unpaired) electrons. The van der Waals surface area contributed by atoms with Crippen LogP contribution in [-0.2, 0) is 0 Å². The van der Waals surface area contributed by atoms with Gasteiger partial charge < -0.3 is 18.9 Å². The molecular weight excluding hydrogens is 332 g/mol. The number of ether oxygens (including phenoxy) is 4. The van der Waals surface area contributed by atoms with Gasteiger partial charge in [0, 0.05) is 0 Å². The van der Waals surface area contributed by atoms with E-state index in [2.05, 4.69) is 31.3 Å². The van der Waals surface area contributed by atoms with E-state index in [0.29, 0.717) is 17.2 Å². The molecule has 0 N–H and O–H groups in total. The summed E-state index contributed by atoms with van der Waals surface area (Å²) in [6, 6.07) is 10.1. The predicted molar refractivity (Wildman–Crippen MR) is 105 cm³/mol. The molecule has 0 aromatic heterocycles. The summed E-state index contributed by atoms with van der Waals surface area (Å²) in [6.07, 6.45) is 4.11. The molecule has 0 unspecified atom stereocenters. The van der Waals surface area contributed by atoms with Gasteiger partial charge >= 0.3 is 0 Å². The molecule has 5 heteroatoms. The van der Waals surface area contributed by atoms with Gasteiger partial charge in [0.25, 0.3) is 0 Å². The van der Waals surface area contributed by atoms with Crippen molar-refractivity contribution < 1.29 is 18.9 Å². The first kappa shape index (κ1) is 18.9. The van der Waals surface area contributed by atoms with Gasteiger partial charge in [0.05, 0.1) is 37.2 Å². The lowest BCUT2D eigenvalue weighted by molar-refractivity contribution is 0.324. The largest absolute Gasteiger partial charge is 0.497 e. The average molecular weight is 358 g/mol. The van der Waals surface area contributed by atoms with E-state index >= 15 is 0 Å². The highest BCUT2D eigenvalue weighted by molar-refractivity contribution is 6.71. The first-order chi connectivity index (χ1) is 12.0. The van der Waals surface area contributed by atoms with E-state index in [1.807, 2.05) is 24.3 Å². The van der Waals surface area contributed by atoms with Crippen molar-refractivity contribution in [3.05, 3.63) is 41.5 Å². The molecule has 2 aromatic carbocycles. The van der Waals surface area contributed by atoms with Crippen LogP contribution in [0.3, 0.4) is 0 Å². The third-order valence-corrected chi connectivity index (χ3v) is 5.39. The molecule has 0 aliphatic heterocycles. The second-order valence-corrected chi connectivity index (χ2v) is 8.29. The highest BCUT2D eigenvalue weighted by Crippen LogP contribution is 2.38. The van der Waals surface area contributed by atoms with Gasteiger partial charge in [-0.25, -0.2) is 0 Å². The Morgan fingerprint density at radius 3 is 1.72 bits per heavy atom. The summed E-state index contributed by atoms with van der Waals surface area (Å²) in [5, 5.41) is 1.29. The van der Waals surface area contributed by atoms with E-state index < -0.39 is 8.80 Å². The van der Waals surface area contributed by atoms with Crippen LogP contribution in [0.25, 0.3) is 12.2 Å². The molecule has 0 saturated heterocycles. The van der Waals surface area contributed by atoms with Crippen LogP contribution in [0.2, 0.25) is 13.1 Å². The zero-order valence-electron chi connectivity index (χ0n) is 15.7. The second-order valence-electron chi connectivity index (χ2n) is 5.75. The fourth-order valence-electron chi connectivity index (χ4n) is 2.61. The molecule has 0 aliphatic carbocycles. The Hall–Kier alpha value is -2.40. The minimum atomic E-state index is -0.603.